The number of carbonyl (C=O) groups excluding carboxylic acids is 1. The molecule has 0 atom stereocenters. The van der Waals surface area contributed by atoms with Crippen molar-refractivity contribution in [1.29, 1.82) is 0 Å². The first-order valence-corrected chi connectivity index (χ1v) is 11.2. The summed E-state index contributed by atoms with van der Waals surface area (Å²) in [4.78, 5) is 13.3. The van der Waals surface area contributed by atoms with Gasteiger partial charge in [-0.2, -0.15) is 4.31 Å². The highest BCUT2D eigenvalue weighted by atomic mass is 79.9. The summed E-state index contributed by atoms with van der Waals surface area (Å²) in [5, 5.41) is 0. The quantitative estimate of drug-likeness (QED) is 0.656. The Morgan fingerprint density at radius 1 is 1.10 bits per heavy atom. The topological polar surface area (TPSA) is 66.9 Å². The van der Waals surface area contributed by atoms with Gasteiger partial charge in [0, 0.05) is 35.2 Å². The molecule has 154 valence electrons. The number of ether oxygens (including phenoxy) is 1. The molecule has 0 spiro atoms. The minimum Gasteiger partial charge on any atom is -0.444 e. The van der Waals surface area contributed by atoms with E-state index in [-0.39, 0.29) is 30.2 Å². The summed E-state index contributed by atoms with van der Waals surface area (Å²) in [6.07, 6.45) is 0.268. The zero-order valence-corrected chi connectivity index (χ0v) is 17.5. The van der Waals surface area contributed by atoms with E-state index in [1.165, 1.54) is 0 Å². The number of amides is 1. The third-order valence-corrected chi connectivity index (χ3v) is 8.01. The number of cyclic esters (lactones) is 1. The molecule has 1 amide bonds. The van der Waals surface area contributed by atoms with Crippen LogP contribution >= 0.6 is 15.9 Å². The normalized spacial score (nSPS) is 18.4. The van der Waals surface area contributed by atoms with Crippen molar-refractivity contribution in [1.82, 2.24) is 4.31 Å². The number of nitrogens with zero attached hydrogens (tertiary/aromatic N) is 2. The fraction of sp³-hybridized carbons (Fsp3) is 0.316. The second-order valence-electron chi connectivity index (χ2n) is 6.89. The van der Waals surface area contributed by atoms with Crippen LogP contribution in [0.1, 0.15) is 18.4 Å². The number of carbonyl (C=O) groups is 1. The number of halogens is 3. The lowest BCUT2D eigenvalue weighted by Gasteiger charge is -2.39. The molecule has 4 rings (SSSR count). The predicted molar refractivity (Wildman–Crippen MR) is 105 cm³/mol. The van der Waals surface area contributed by atoms with Crippen LogP contribution in [-0.2, 0) is 21.4 Å². The molecule has 0 saturated carbocycles. The second-order valence-corrected chi connectivity index (χ2v) is 9.62. The SMILES string of the molecule is O=C1OCc2ccccc2N1C1CCN(S(=O)(=O)c2c(F)cc(F)cc2Br)CC1. The first-order chi connectivity index (χ1) is 13.8. The smallest absolute Gasteiger partial charge is 0.414 e. The third-order valence-electron chi connectivity index (χ3n) is 5.15. The first kappa shape index (κ1) is 20.2. The number of rotatable bonds is 3. The number of hydrogen-bond acceptors (Lipinski definition) is 4. The van der Waals surface area contributed by atoms with Gasteiger partial charge in [0.05, 0.1) is 5.69 Å². The molecule has 2 aliphatic rings. The van der Waals surface area contributed by atoms with Crippen molar-refractivity contribution in [3.05, 3.63) is 58.1 Å². The molecule has 0 N–H and O–H groups in total. The van der Waals surface area contributed by atoms with Gasteiger partial charge in [0.2, 0.25) is 10.0 Å². The molecule has 2 aromatic rings. The lowest BCUT2D eigenvalue weighted by atomic mass is 10.0. The maximum Gasteiger partial charge on any atom is 0.414 e. The van der Waals surface area contributed by atoms with Crippen LogP contribution in [0, 0.1) is 11.6 Å². The van der Waals surface area contributed by atoms with Gasteiger partial charge in [-0.15, -0.1) is 0 Å². The second kappa shape index (κ2) is 7.66. The largest absolute Gasteiger partial charge is 0.444 e. The Bertz CT molecular complexity index is 1050. The van der Waals surface area contributed by atoms with E-state index in [0.717, 1.165) is 21.6 Å². The summed E-state index contributed by atoms with van der Waals surface area (Å²) in [6, 6.07) is 8.64. The van der Waals surface area contributed by atoms with Gasteiger partial charge in [-0.3, -0.25) is 4.90 Å². The number of piperidine rings is 1. The first-order valence-electron chi connectivity index (χ1n) is 8.97. The van der Waals surface area contributed by atoms with Crippen molar-refractivity contribution in [2.75, 3.05) is 18.0 Å². The van der Waals surface area contributed by atoms with Crippen LogP contribution in [0.4, 0.5) is 19.3 Å². The van der Waals surface area contributed by atoms with Crippen LogP contribution in [0.15, 0.2) is 45.8 Å². The number of benzene rings is 2. The summed E-state index contributed by atoms with van der Waals surface area (Å²) < 4.78 is 59.6. The number of para-hydroxylation sites is 1. The summed E-state index contributed by atoms with van der Waals surface area (Å²) in [5.74, 6) is -2.01. The molecule has 1 saturated heterocycles. The Morgan fingerprint density at radius 3 is 2.48 bits per heavy atom. The lowest BCUT2D eigenvalue weighted by Crippen LogP contribution is -2.50. The van der Waals surface area contributed by atoms with E-state index in [2.05, 4.69) is 15.9 Å². The van der Waals surface area contributed by atoms with Crippen LogP contribution in [0.5, 0.6) is 0 Å². The van der Waals surface area contributed by atoms with Crippen molar-refractivity contribution in [3.63, 3.8) is 0 Å². The number of fused-ring (bicyclic) bond motifs is 1. The molecule has 0 aromatic heterocycles. The minimum atomic E-state index is -4.16. The molecular weight excluding hydrogens is 470 g/mol. The highest BCUT2D eigenvalue weighted by molar-refractivity contribution is 9.10. The predicted octanol–water partition coefficient (Wildman–Crippen LogP) is 4.04. The van der Waals surface area contributed by atoms with E-state index in [1.807, 2.05) is 24.3 Å². The minimum absolute atomic E-state index is 0.0994. The molecule has 10 heteroatoms. The fourth-order valence-electron chi connectivity index (χ4n) is 3.77. The summed E-state index contributed by atoms with van der Waals surface area (Å²) in [5.41, 5.74) is 1.65. The van der Waals surface area contributed by atoms with Crippen molar-refractivity contribution in [2.45, 2.75) is 30.4 Å². The average molecular weight is 487 g/mol. The third kappa shape index (κ3) is 3.64. The van der Waals surface area contributed by atoms with Crippen LogP contribution < -0.4 is 4.90 Å². The van der Waals surface area contributed by atoms with Crippen molar-refractivity contribution < 1.29 is 26.7 Å². The van der Waals surface area contributed by atoms with Gasteiger partial charge in [0.25, 0.3) is 0 Å². The van der Waals surface area contributed by atoms with Gasteiger partial charge >= 0.3 is 6.09 Å². The Balaban J connectivity index is 1.55. The van der Waals surface area contributed by atoms with Crippen molar-refractivity contribution >= 4 is 37.7 Å². The van der Waals surface area contributed by atoms with Crippen LogP contribution in [0.2, 0.25) is 0 Å². The molecule has 29 heavy (non-hydrogen) atoms. The van der Waals surface area contributed by atoms with E-state index in [9.17, 15) is 22.0 Å². The van der Waals surface area contributed by atoms with Crippen LogP contribution in [-0.4, -0.2) is 37.9 Å². The highest BCUT2D eigenvalue weighted by Crippen LogP contribution is 2.34. The van der Waals surface area contributed by atoms with E-state index in [4.69, 9.17) is 4.74 Å². The molecular formula is C19H17BrF2N2O4S. The zero-order valence-electron chi connectivity index (χ0n) is 15.1. The monoisotopic (exact) mass is 486 g/mol. The number of sulfonamides is 1. The van der Waals surface area contributed by atoms with Crippen molar-refractivity contribution in [3.8, 4) is 0 Å². The van der Waals surface area contributed by atoms with Gasteiger partial charge < -0.3 is 4.74 Å². The number of hydrogen-bond donors (Lipinski definition) is 0. The lowest BCUT2D eigenvalue weighted by molar-refractivity contribution is 0.136. The maximum atomic E-state index is 14.2. The molecule has 2 aliphatic heterocycles. The Hall–Kier alpha value is -2.04. The summed E-state index contributed by atoms with van der Waals surface area (Å²) in [7, 11) is -4.16. The van der Waals surface area contributed by atoms with Gasteiger partial charge in [0.15, 0.2) is 0 Å². The van der Waals surface area contributed by atoms with E-state index < -0.39 is 32.6 Å². The van der Waals surface area contributed by atoms with Crippen LogP contribution in [0.3, 0.4) is 0 Å². The molecule has 0 bridgehead atoms. The van der Waals surface area contributed by atoms with Gasteiger partial charge in [0.1, 0.15) is 23.1 Å². The summed E-state index contributed by atoms with van der Waals surface area (Å²) >= 11 is 2.95. The average Bonchev–Trinajstić information content (AvgIpc) is 2.67. The molecule has 0 unspecified atom stereocenters. The highest BCUT2D eigenvalue weighted by Gasteiger charge is 2.38. The molecule has 2 heterocycles. The van der Waals surface area contributed by atoms with E-state index in [0.29, 0.717) is 18.9 Å². The Kier molecular flexibility index (Phi) is 5.34. The molecule has 2 aromatic carbocycles. The summed E-state index contributed by atoms with van der Waals surface area (Å²) in [6.45, 7) is 0.404. The van der Waals surface area contributed by atoms with E-state index >= 15 is 0 Å². The van der Waals surface area contributed by atoms with Crippen molar-refractivity contribution in [2.24, 2.45) is 0 Å². The zero-order chi connectivity index (χ0) is 20.8. The van der Waals surface area contributed by atoms with Gasteiger partial charge in [-0.25, -0.2) is 22.0 Å². The van der Waals surface area contributed by atoms with E-state index in [1.54, 1.807) is 4.90 Å². The van der Waals surface area contributed by atoms with Crippen LogP contribution in [0.25, 0.3) is 0 Å². The van der Waals surface area contributed by atoms with Gasteiger partial charge in [-0.1, -0.05) is 18.2 Å². The van der Waals surface area contributed by atoms with Gasteiger partial charge in [-0.05, 0) is 40.9 Å². The molecule has 1 fully saturated rings. The maximum absolute atomic E-state index is 14.2. The molecule has 0 aliphatic carbocycles. The molecule has 6 nitrogen and oxygen atoms in total. The number of anilines is 1. The fourth-order valence-corrected chi connectivity index (χ4v) is 6.35. The Morgan fingerprint density at radius 2 is 1.79 bits per heavy atom. The Labute approximate surface area is 175 Å². The standard InChI is InChI=1S/C19H17BrF2N2O4S/c20-15-9-13(21)10-16(22)18(15)29(26,27)23-7-5-14(6-8-23)24-17-4-2-1-3-12(17)11-28-19(24)25/h1-4,9-10,14H,5-8,11H2. The molecule has 0 radical (unpaired) electrons.